The third-order valence-corrected chi connectivity index (χ3v) is 5.88. The summed E-state index contributed by atoms with van der Waals surface area (Å²) in [4.78, 5) is 15.3. The Morgan fingerprint density at radius 2 is 1.84 bits per heavy atom. The van der Waals surface area contributed by atoms with Crippen LogP contribution in [0.4, 0.5) is 0 Å². The lowest BCUT2D eigenvalue weighted by molar-refractivity contribution is 0.0741. The maximum absolute atomic E-state index is 13.3. The summed E-state index contributed by atoms with van der Waals surface area (Å²) in [6, 6.07) is 16.3. The van der Waals surface area contributed by atoms with E-state index in [1.807, 2.05) is 17.0 Å². The molecule has 1 atom stereocenters. The number of aromatic amines is 1. The van der Waals surface area contributed by atoms with Crippen molar-refractivity contribution in [1.29, 1.82) is 0 Å². The number of nitrogens with one attached hydrogen (secondary N) is 1. The molecule has 1 unspecified atom stereocenters. The number of nitrogens with zero attached hydrogens (tertiary/aromatic N) is 2. The highest BCUT2D eigenvalue weighted by atomic mass is 16.5. The highest BCUT2D eigenvalue weighted by Gasteiger charge is 2.41. The first-order chi connectivity index (χ1) is 15.1. The lowest BCUT2D eigenvalue weighted by Crippen LogP contribution is -2.30. The number of aryl methyl sites for hydroxylation is 1. The molecular formula is C26H31N3O2. The van der Waals surface area contributed by atoms with E-state index < -0.39 is 0 Å². The molecule has 1 aromatic heterocycles. The van der Waals surface area contributed by atoms with E-state index in [2.05, 4.69) is 67.4 Å². The van der Waals surface area contributed by atoms with Crippen molar-refractivity contribution in [1.82, 2.24) is 15.1 Å². The third kappa shape index (κ3) is 4.22. The molecule has 0 bridgehead atoms. The van der Waals surface area contributed by atoms with Gasteiger partial charge in [0.25, 0.3) is 5.91 Å². The fourth-order valence-corrected chi connectivity index (χ4v) is 4.14. The largest absolute Gasteiger partial charge is 0.494 e. The summed E-state index contributed by atoms with van der Waals surface area (Å²) in [5, 5.41) is 7.60. The molecule has 1 N–H and O–H groups in total. The number of unbranched alkanes of at least 4 members (excludes halogenated alkanes) is 2. The number of hydrogen-bond acceptors (Lipinski definition) is 3. The number of rotatable bonds is 9. The van der Waals surface area contributed by atoms with Crippen LogP contribution in [0.5, 0.6) is 5.75 Å². The van der Waals surface area contributed by atoms with Crippen LogP contribution in [0.15, 0.2) is 48.5 Å². The molecule has 2 aromatic carbocycles. The van der Waals surface area contributed by atoms with Gasteiger partial charge in [-0.3, -0.25) is 9.89 Å². The summed E-state index contributed by atoms with van der Waals surface area (Å²) in [5.74, 6) is 0.874. The predicted molar refractivity (Wildman–Crippen MR) is 123 cm³/mol. The van der Waals surface area contributed by atoms with Gasteiger partial charge in [-0.2, -0.15) is 5.10 Å². The normalized spacial score (nSPS) is 15.4. The quantitative estimate of drug-likeness (QED) is 0.440. The van der Waals surface area contributed by atoms with Crippen molar-refractivity contribution >= 4 is 5.91 Å². The minimum atomic E-state index is -0.168. The molecule has 2 heterocycles. The maximum atomic E-state index is 13.3. The van der Waals surface area contributed by atoms with Gasteiger partial charge < -0.3 is 9.64 Å². The summed E-state index contributed by atoms with van der Waals surface area (Å²) < 4.78 is 5.96. The molecule has 5 nitrogen and oxygen atoms in total. The zero-order valence-electron chi connectivity index (χ0n) is 18.6. The Morgan fingerprint density at radius 1 is 1.06 bits per heavy atom. The number of ether oxygens (including phenoxy) is 1. The molecule has 0 aliphatic carbocycles. The zero-order valence-corrected chi connectivity index (χ0v) is 18.6. The molecule has 4 rings (SSSR count). The average molecular weight is 418 g/mol. The van der Waals surface area contributed by atoms with E-state index in [0.29, 0.717) is 12.3 Å². The van der Waals surface area contributed by atoms with E-state index in [1.165, 1.54) is 5.56 Å². The van der Waals surface area contributed by atoms with Gasteiger partial charge in [0.1, 0.15) is 11.4 Å². The van der Waals surface area contributed by atoms with Gasteiger partial charge in [-0.15, -0.1) is 0 Å². The standard InChI is InChI=1S/C26H31N3O2/c1-4-6-15-29-25(20-9-8-10-21(17-20)31-16-7-5-2)22-23(27-28-24(22)26(29)30)19-13-11-18(3)12-14-19/h8-14,17,25H,4-7,15-16H2,1-3H3,(H,27,28). The van der Waals surface area contributed by atoms with E-state index in [9.17, 15) is 4.79 Å². The van der Waals surface area contributed by atoms with Gasteiger partial charge >= 0.3 is 0 Å². The number of H-pyrrole nitrogens is 1. The molecule has 31 heavy (non-hydrogen) atoms. The van der Waals surface area contributed by atoms with Crippen LogP contribution in [0.25, 0.3) is 11.3 Å². The van der Waals surface area contributed by atoms with E-state index in [1.54, 1.807) is 0 Å². The zero-order chi connectivity index (χ0) is 21.8. The smallest absolute Gasteiger partial charge is 0.273 e. The molecule has 0 fully saturated rings. The molecule has 0 spiro atoms. The second-order valence-corrected chi connectivity index (χ2v) is 8.26. The van der Waals surface area contributed by atoms with Crippen molar-refractivity contribution in [3.63, 3.8) is 0 Å². The summed E-state index contributed by atoms with van der Waals surface area (Å²) in [7, 11) is 0. The first kappa shape index (κ1) is 21.2. The van der Waals surface area contributed by atoms with Crippen LogP contribution in [0, 0.1) is 6.92 Å². The second kappa shape index (κ2) is 9.38. The van der Waals surface area contributed by atoms with Crippen LogP contribution in [-0.2, 0) is 0 Å². The van der Waals surface area contributed by atoms with Crippen LogP contribution in [0.1, 0.15) is 72.8 Å². The summed E-state index contributed by atoms with van der Waals surface area (Å²) in [5.41, 5.74) is 5.71. The fourth-order valence-electron chi connectivity index (χ4n) is 4.14. The lowest BCUT2D eigenvalue weighted by atomic mass is 9.95. The topological polar surface area (TPSA) is 58.2 Å². The van der Waals surface area contributed by atoms with Crippen LogP contribution in [0.3, 0.4) is 0 Å². The third-order valence-electron chi connectivity index (χ3n) is 5.88. The van der Waals surface area contributed by atoms with E-state index in [-0.39, 0.29) is 11.9 Å². The molecule has 3 aromatic rings. The number of benzene rings is 2. The summed E-state index contributed by atoms with van der Waals surface area (Å²) >= 11 is 0. The molecule has 1 amide bonds. The molecule has 0 saturated carbocycles. The minimum Gasteiger partial charge on any atom is -0.494 e. The van der Waals surface area contributed by atoms with Gasteiger partial charge in [0.05, 0.1) is 18.3 Å². The number of carbonyl (C=O) groups is 1. The Balaban J connectivity index is 1.76. The number of amides is 1. The van der Waals surface area contributed by atoms with Gasteiger partial charge in [0, 0.05) is 17.7 Å². The number of fused-ring (bicyclic) bond motifs is 1. The van der Waals surface area contributed by atoms with Gasteiger partial charge in [0.15, 0.2) is 0 Å². The molecule has 162 valence electrons. The molecule has 0 saturated heterocycles. The summed E-state index contributed by atoms with van der Waals surface area (Å²) in [6.07, 6.45) is 4.12. The number of hydrogen-bond donors (Lipinski definition) is 1. The fraction of sp³-hybridized carbons (Fsp3) is 0.385. The molecule has 5 heteroatoms. The van der Waals surface area contributed by atoms with Crippen LogP contribution in [0.2, 0.25) is 0 Å². The lowest BCUT2D eigenvalue weighted by Gasteiger charge is -2.26. The van der Waals surface area contributed by atoms with Gasteiger partial charge in [0.2, 0.25) is 0 Å². The van der Waals surface area contributed by atoms with Crippen molar-refractivity contribution in [3.05, 3.63) is 70.9 Å². The van der Waals surface area contributed by atoms with E-state index in [0.717, 1.165) is 60.4 Å². The Bertz CT molecular complexity index is 1040. The van der Waals surface area contributed by atoms with Crippen LogP contribution < -0.4 is 4.74 Å². The highest BCUT2D eigenvalue weighted by molar-refractivity contribution is 6.00. The Morgan fingerprint density at radius 3 is 2.58 bits per heavy atom. The number of aromatic nitrogens is 2. The van der Waals surface area contributed by atoms with Gasteiger partial charge in [-0.1, -0.05) is 68.7 Å². The maximum Gasteiger partial charge on any atom is 0.273 e. The average Bonchev–Trinajstić information content (AvgIpc) is 3.32. The minimum absolute atomic E-state index is 0.0246. The Kier molecular flexibility index (Phi) is 6.40. The first-order valence-corrected chi connectivity index (χ1v) is 11.3. The molecule has 0 radical (unpaired) electrons. The van der Waals surface area contributed by atoms with E-state index >= 15 is 0 Å². The van der Waals surface area contributed by atoms with Crippen molar-refractivity contribution in [2.24, 2.45) is 0 Å². The van der Waals surface area contributed by atoms with Crippen molar-refractivity contribution in [2.75, 3.05) is 13.2 Å². The predicted octanol–water partition coefficient (Wildman–Crippen LogP) is 5.91. The number of carbonyl (C=O) groups excluding carboxylic acids is 1. The monoisotopic (exact) mass is 417 g/mol. The summed E-state index contributed by atoms with van der Waals surface area (Å²) in [6.45, 7) is 7.80. The Labute approximate surface area is 184 Å². The Hall–Kier alpha value is -3.08. The van der Waals surface area contributed by atoms with Crippen LogP contribution in [-0.4, -0.2) is 34.2 Å². The van der Waals surface area contributed by atoms with Gasteiger partial charge in [-0.25, -0.2) is 0 Å². The molecule has 1 aliphatic rings. The van der Waals surface area contributed by atoms with Crippen molar-refractivity contribution < 1.29 is 9.53 Å². The SMILES string of the molecule is CCCCOc1cccc(C2c3c(-c4ccc(C)cc4)n[nH]c3C(=O)N2CCCC)c1. The first-order valence-electron chi connectivity index (χ1n) is 11.3. The van der Waals surface area contributed by atoms with Gasteiger partial charge in [-0.05, 0) is 37.5 Å². The highest BCUT2D eigenvalue weighted by Crippen LogP contribution is 2.43. The second-order valence-electron chi connectivity index (χ2n) is 8.26. The van der Waals surface area contributed by atoms with E-state index in [4.69, 9.17) is 4.74 Å². The van der Waals surface area contributed by atoms with Crippen molar-refractivity contribution in [3.8, 4) is 17.0 Å². The molecule has 1 aliphatic heterocycles. The van der Waals surface area contributed by atoms with Crippen LogP contribution >= 0.6 is 0 Å². The molecular weight excluding hydrogens is 386 g/mol. The van der Waals surface area contributed by atoms with Crippen molar-refractivity contribution in [2.45, 2.75) is 52.5 Å².